The summed E-state index contributed by atoms with van der Waals surface area (Å²) in [5.74, 6) is 0.0199. The van der Waals surface area contributed by atoms with Gasteiger partial charge in [-0.1, -0.05) is 142 Å². The van der Waals surface area contributed by atoms with Gasteiger partial charge in [0.05, 0.1) is 6.10 Å². The number of fused-ring (bicyclic) bond motifs is 1. The van der Waals surface area contributed by atoms with Gasteiger partial charge in [0.15, 0.2) is 6.10 Å². The Morgan fingerprint density at radius 2 is 1.16 bits per heavy atom. The smallest absolute Gasteiger partial charge is 0.484 e. The summed E-state index contributed by atoms with van der Waals surface area (Å²) >= 11 is 0. The molecule has 1 aliphatic rings. The van der Waals surface area contributed by atoms with Crippen LogP contribution in [-0.2, 0) is 34.6 Å². The number of phosphoric acid groups is 1. The second-order valence-corrected chi connectivity index (χ2v) is 18.2. The number of carbonyl (C=O) groups is 2. The Labute approximate surface area is 346 Å². The largest absolute Gasteiger partial charge is 0.527 e. The van der Waals surface area contributed by atoms with Crippen molar-refractivity contribution in [1.29, 1.82) is 0 Å². The molecule has 0 amide bonds. The van der Waals surface area contributed by atoms with Gasteiger partial charge in [-0.15, -0.1) is 0 Å². The molecule has 1 aliphatic heterocycles. The maximum atomic E-state index is 13.4. The molecule has 57 heavy (non-hydrogen) atoms. The van der Waals surface area contributed by atoms with Gasteiger partial charge >= 0.3 is 19.8 Å². The number of rotatable bonds is 33. The summed E-state index contributed by atoms with van der Waals surface area (Å²) < 4.78 is 42.0. The van der Waals surface area contributed by atoms with Gasteiger partial charge in [0.2, 0.25) is 0 Å². The first kappa shape index (κ1) is 51.0. The molecule has 2 N–H and O–H groups in total. The van der Waals surface area contributed by atoms with E-state index < -0.39 is 44.2 Å². The van der Waals surface area contributed by atoms with E-state index in [1.54, 1.807) is 13.8 Å². The third-order valence-corrected chi connectivity index (χ3v) is 12.6. The van der Waals surface area contributed by atoms with E-state index in [9.17, 15) is 24.2 Å². The van der Waals surface area contributed by atoms with E-state index in [1.165, 1.54) is 96.3 Å². The molecule has 0 saturated carbocycles. The number of esters is 2. The van der Waals surface area contributed by atoms with Gasteiger partial charge < -0.3 is 23.8 Å². The molecule has 2 rings (SSSR count). The number of phosphoric ester groups is 1. The average Bonchev–Trinajstić information content (AvgIpc) is 3.17. The average molecular weight is 825 g/mol. The highest BCUT2D eigenvalue weighted by molar-refractivity contribution is 7.47. The van der Waals surface area contributed by atoms with Crippen LogP contribution in [0, 0.1) is 20.8 Å². The molecule has 1 aromatic carbocycles. The van der Waals surface area contributed by atoms with Crippen molar-refractivity contribution in [2.24, 2.45) is 0 Å². The molecule has 1 heterocycles. The molecule has 11 heteroatoms. The second kappa shape index (κ2) is 28.4. The third kappa shape index (κ3) is 20.1. The van der Waals surface area contributed by atoms with Gasteiger partial charge in [-0.05, 0) is 77.0 Å². The highest BCUT2D eigenvalue weighted by atomic mass is 31.2. The summed E-state index contributed by atoms with van der Waals surface area (Å²) in [5, 5.41) is 10.4. The Bertz CT molecular complexity index is 1350. The minimum absolute atomic E-state index is 0.205. The van der Waals surface area contributed by atoms with Crippen LogP contribution in [0.1, 0.15) is 210 Å². The monoisotopic (exact) mass is 825 g/mol. The quantitative estimate of drug-likeness (QED) is 0.0400. The van der Waals surface area contributed by atoms with Crippen molar-refractivity contribution in [2.75, 3.05) is 13.2 Å². The summed E-state index contributed by atoms with van der Waals surface area (Å²) in [6.45, 7) is 12.7. The predicted molar refractivity (Wildman–Crippen MR) is 229 cm³/mol. The van der Waals surface area contributed by atoms with Gasteiger partial charge in [0, 0.05) is 18.4 Å². The number of ether oxygens (including phenoxy) is 3. The van der Waals surface area contributed by atoms with Crippen LogP contribution in [0.15, 0.2) is 0 Å². The van der Waals surface area contributed by atoms with Gasteiger partial charge in [0.1, 0.15) is 30.3 Å². The van der Waals surface area contributed by atoms with E-state index in [2.05, 4.69) is 13.8 Å². The van der Waals surface area contributed by atoms with Crippen LogP contribution in [0.3, 0.4) is 0 Å². The lowest BCUT2D eigenvalue weighted by molar-refractivity contribution is -0.161. The molecular weight excluding hydrogens is 743 g/mol. The summed E-state index contributed by atoms with van der Waals surface area (Å²) in [5.41, 5.74) is 2.13. The molecule has 0 saturated heterocycles. The van der Waals surface area contributed by atoms with Crippen molar-refractivity contribution < 1.29 is 47.4 Å². The van der Waals surface area contributed by atoms with Crippen molar-refractivity contribution in [3.8, 4) is 11.5 Å². The lowest BCUT2D eigenvalue weighted by Crippen LogP contribution is -2.46. The summed E-state index contributed by atoms with van der Waals surface area (Å²) in [6.07, 6.45) is 25.6. The standard InChI is InChI=1S/C46H81O10P/c1-8-10-12-14-16-18-20-22-24-26-28-30-42(48)52-34-40(54-43(49)31-29-27-25-23-21-19-17-15-13-11-9-2)35-53-57(50,51)56-44-36(3)37(4)45-41(38(44)5)32-33-46(7,55-45)39(6)47/h39-40,47H,8-35H2,1-7H3,(H,50,51)/t39?,40-,46?/m1/s1. The predicted octanol–water partition coefficient (Wildman–Crippen LogP) is 12.4. The highest BCUT2D eigenvalue weighted by Gasteiger charge is 2.39. The van der Waals surface area contributed by atoms with Crippen molar-refractivity contribution >= 4 is 19.8 Å². The Hall–Kier alpha value is -2.13. The van der Waals surface area contributed by atoms with Crippen molar-refractivity contribution in [1.82, 2.24) is 0 Å². The van der Waals surface area contributed by atoms with E-state index in [4.69, 9.17) is 23.3 Å². The molecule has 0 radical (unpaired) electrons. The first-order valence-electron chi connectivity index (χ1n) is 22.8. The first-order valence-corrected chi connectivity index (χ1v) is 24.3. The Morgan fingerprint density at radius 1 is 0.702 bits per heavy atom. The molecular formula is C46H81O10P. The molecule has 0 spiro atoms. The van der Waals surface area contributed by atoms with Crippen molar-refractivity contribution in [3.63, 3.8) is 0 Å². The SMILES string of the molecule is CCCCCCCCCCCCCC(=O)OC[C@H](COP(=O)(O)Oc1c(C)c(C)c2c(c1C)CCC(C)(C(C)O)O2)OC(=O)CCCCCCCCCCCCC. The molecule has 10 nitrogen and oxygen atoms in total. The maximum Gasteiger partial charge on any atom is 0.527 e. The molecule has 3 unspecified atom stereocenters. The number of benzene rings is 1. The fourth-order valence-electron chi connectivity index (χ4n) is 7.49. The van der Waals surface area contributed by atoms with Crippen LogP contribution < -0.4 is 9.26 Å². The number of aliphatic hydroxyl groups is 1. The molecule has 0 bridgehead atoms. The Balaban J connectivity index is 1.92. The van der Waals surface area contributed by atoms with Crippen LogP contribution in [0.2, 0.25) is 0 Å². The zero-order valence-corrected chi connectivity index (χ0v) is 38.0. The van der Waals surface area contributed by atoms with E-state index >= 15 is 0 Å². The first-order chi connectivity index (χ1) is 27.2. The third-order valence-electron chi connectivity index (χ3n) is 11.7. The van der Waals surface area contributed by atoms with Crippen LogP contribution in [0.25, 0.3) is 0 Å². The Kier molecular flexibility index (Phi) is 25.4. The highest BCUT2D eigenvalue weighted by Crippen LogP contribution is 2.51. The fourth-order valence-corrected chi connectivity index (χ4v) is 8.40. The lowest BCUT2D eigenvalue weighted by Gasteiger charge is -2.40. The molecule has 1 aromatic rings. The normalized spacial score (nSPS) is 17.3. The Morgan fingerprint density at radius 3 is 1.63 bits per heavy atom. The van der Waals surface area contributed by atoms with Crippen LogP contribution in [0.4, 0.5) is 0 Å². The lowest BCUT2D eigenvalue weighted by atomic mass is 9.85. The molecule has 4 atom stereocenters. The van der Waals surface area contributed by atoms with Gasteiger partial charge in [-0.25, -0.2) is 4.57 Å². The summed E-state index contributed by atoms with van der Waals surface area (Å²) in [4.78, 5) is 36.5. The van der Waals surface area contributed by atoms with Crippen molar-refractivity contribution in [3.05, 3.63) is 22.3 Å². The molecule has 0 fully saturated rings. The molecule has 330 valence electrons. The van der Waals surface area contributed by atoms with E-state index in [-0.39, 0.29) is 25.2 Å². The fraction of sp³-hybridized carbons (Fsp3) is 0.826. The minimum Gasteiger partial charge on any atom is -0.484 e. The van der Waals surface area contributed by atoms with E-state index in [0.29, 0.717) is 36.1 Å². The second-order valence-electron chi connectivity index (χ2n) is 16.8. The summed E-state index contributed by atoms with van der Waals surface area (Å²) in [7, 11) is -4.71. The topological polar surface area (TPSA) is 138 Å². The zero-order valence-electron chi connectivity index (χ0n) is 37.1. The maximum absolute atomic E-state index is 13.4. The molecule has 0 aromatic heterocycles. The number of hydrogen-bond donors (Lipinski definition) is 2. The number of carbonyl (C=O) groups excluding carboxylic acids is 2. The van der Waals surface area contributed by atoms with E-state index in [0.717, 1.165) is 49.7 Å². The van der Waals surface area contributed by atoms with Gasteiger partial charge in [-0.2, -0.15) is 0 Å². The zero-order chi connectivity index (χ0) is 42.1. The van der Waals surface area contributed by atoms with Crippen molar-refractivity contribution in [2.45, 2.75) is 233 Å². The van der Waals surface area contributed by atoms with Gasteiger partial charge in [-0.3, -0.25) is 19.0 Å². The van der Waals surface area contributed by atoms with Gasteiger partial charge in [0.25, 0.3) is 0 Å². The minimum atomic E-state index is -4.71. The summed E-state index contributed by atoms with van der Waals surface area (Å²) in [6, 6.07) is 0. The number of hydrogen-bond acceptors (Lipinski definition) is 9. The number of aliphatic hydroxyl groups excluding tert-OH is 1. The van der Waals surface area contributed by atoms with Crippen LogP contribution >= 0.6 is 7.82 Å². The number of unbranched alkanes of at least 4 members (excludes halogenated alkanes) is 20. The molecule has 0 aliphatic carbocycles. The van der Waals surface area contributed by atoms with E-state index in [1.807, 2.05) is 20.8 Å². The van der Waals surface area contributed by atoms with Crippen LogP contribution in [0.5, 0.6) is 11.5 Å². The van der Waals surface area contributed by atoms with Crippen LogP contribution in [-0.4, -0.2) is 53.0 Å².